The van der Waals surface area contributed by atoms with Crippen LogP contribution >= 0.6 is 15.9 Å². The first-order chi connectivity index (χ1) is 10.5. The highest BCUT2D eigenvalue weighted by atomic mass is 79.9. The average Bonchev–Trinajstić information content (AvgIpc) is 2.89. The quantitative estimate of drug-likeness (QED) is 0.903. The summed E-state index contributed by atoms with van der Waals surface area (Å²) in [6.45, 7) is 3.05. The molecule has 3 rings (SSSR count). The van der Waals surface area contributed by atoms with Gasteiger partial charge in [0.2, 0.25) is 0 Å². The number of rotatable bonds is 3. The van der Waals surface area contributed by atoms with Gasteiger partial charge in [-0.25, -0.2) is 4.79 Å². The van der Waals surface area contributed by atoms with Crippen molar-refractivity contribution in [2.45, 2.75) is 13.3 Å². The van der Waals surface area contributed by atoms with E-state index in [4.69, 9.17) is 14.6 Å². The molecule has 0 spiro atoms. The van der Waals surface area contributed by atoms with E-state index in [9.17, 15) is 4.79 Å². The third kappa shape index (κ3) is 2.35. The topological polar surface area (TPSA) is 73.6 Å². The summed E-state index contributed by atoms with van der Waals surface area (Å²) in [6, 6.07) is 3.46. The first kappa shape index (κ1) is 14.9. The summed E-state index contributed by atoms with van der Waals surface area (Å²) in [6.07, 6.45) is 0.764. The Morgan fingerprint density at radius 2 is 2.14 bits per heavy atom. The van der Waals surface area contributed by atoms with E-state index in [2.05, 4.69) is 21.0 Å². The van der Waals surface area contributed by atoms with Gasteiger partial charge < -0.3 is 14.6 Å². The lowest BCUT2D eigenvalue weighted by molar-refractivity contribution is 0.0689. The molecule has 1 aromatic heterocycles. The van der Waals surface area contributed by atoms with Crippen molar-refractivity contribution >= 4 is 21.9 Å². The predicted octanol–water partition coefficient (Wildman–Crippen LogP) is 2.88. The van der Waals surface area contributed by atoms with Gasteiger partial charge in [0.15, 0.2) is 17.2 Å². The molecular weight excluding hydrogens is 352 g/mol. The molecule has 0 atom stereocenters. The second kappa shape index (κ2) is 5.64. The van der Waals surface area contributed by atoms with Crippen LogP contribution in [0.1, 0.15) is 23.0 Å². The Labute approximate surface area is 135 Å². The van der Waals surface area contributed by atoms with Gasteiger partial charge in [-0.3, -0.25) is 4.68 Å². The fourth-order valence-corrected chi connectivity index (χ4v) is 3.39. The molecule has 0 amide bonds. The summed E-state index contributed by atoms with van der Waals surface area (Å²) in [5.41, 5.74) is 2.67. The SMILES string of the molecule is CCc1c(-c2cc(C(=O)O)nn2C)cc2c(c1Br)OCCO2. The van der Waals surface area contributed by atoms with Gasteiger partial charge in [-0.05, 0) is 40.0 Å². The first-order valence-corrected chi connectivity index (χ1v) is 7.71. The van der Waals surface area contributed by atoms with Crippen molar-refractivity contribution in [2.24, 2.45) is 7.05 Å². The maximum atomic E-state index is 11.1. The fourth-order valence-electron chi connectivity index (χ4n) is 2.58. The van der Waals surface area contributed by atoms with E-state index in [0.717, 1.165) is 27.7 Å². The molecule has 0 aliphatic carbocycles. The Hall–Kier alpha value is -2.02. The van der Waals surface area contributed by atoms with Crippen molar-refractivity contribution in [1.82, 2.24) is 9.78 Å². The van der Waals surface area contributed by atoms with Gasteiger partial charge >= 0.3 is 5.97 Å². The van der Waals surface area contributed by atoms with Crippen LogP contribution in [0.25, 0.3) is 11.3 Å². The highest BCUT2D eigenvalue weighted by Gasteiger charge is 2.23. The molecule has 0 radical (unpaired) electrons. The molecule has 1 N–H and O–H groups in total. The monoisotopic (exact) mass is 366 g/mol. The van der Waals surface area contributed by atoms with Gasteiger partial charge in [0.25, 0.3) is 0 Å². The zero-order valence-electron chi connectivity index (χ0n) is 12.2. The third-order valence-electron chi connectivity index (χ3n) is 3.60. The van der Waals surface area contributed by atoms with E-state index in [1.54, 1.807) is 17.8 Å². The van der Waals surface area contributed by atoms with Crippen LogP contribution in [-0.2, 0) is 13.5 Å². The van der Waals surface area contributed by atoms with E-state index < -0.39 is 5.97 Å². The number of hydrogen-bond acceptors (Lipinski definition) is 4. The Morgan fingerprint density at radius 3 is 2.77 bits per heavy atom. The molecule has 0 saturated carbocycles. The summed E-state index contributed by atoms with van der Waals surface area (Å²) in [4.78, 5) is 11.1. The maximum absolute atomic E-state index is 11.1. The number of benzene rings is 1. The standard InChI is InChI=1S/C15H15BrN2O4/c1-3-8-9(11-7-10(15(19)20)17-18(11)2)6-12-14(13(8)16)22-5-4-21-12/h6-7H,3-5H2,1-2H3,(H,19,20). The number of carboxylic acids is 1. The number of aromatic carboxylic acids is 1. The van der Waals surface area contributed by atoms with Gasteiger partial charge in [0.05, 0.1) is 10.2 Å². The molecule has 22 heavy (non-hydrogen) atoms. The molecule has 0 bridgehead atoms. The number of nitrogens with zero attached hydrogens (tertiary/aromatic N) is 2. The van der Waals surface area contributed by atoms with Crippen LogP contribution in [0.5, 0.6) is 11.5 Å². The summed E-state index contributed by atoms with van der Waals surface area (Å²) < 4.78 is 13.7. The number of hydrogen-bond donors (Lipinski definition) is 1. The van der Waals surface area contributed by atoms with Crippen LogP contribution in [-0.4, -0.2) is 34.1 Å². The lowest BCUT2D eigenvalue weighted by atomic mass is 10.0. The molecule has 7 heteroatoms. The minimum absolute atomic E-state index is 0.0190. The number of aryl methyl sites for hydroxylation is 1. The third-order valence-corrected chi connectivity index (χ3v) is 4.44. The molecule has 1 aromatic carbocycles. The first-order valence-electron chi connectivity index (χ1n) is 6.91. The molecule has 6 nitrogen and oxygen atoms in total. The minimum Gasteiger partial charge on any atom is -0.486 e. The van der Waals surface area contributed by atoms with Crippen LogP contribution in [0.4, 0.5) is 0 Å². The number of halogens is 1. The number of aromatic nitrogens is 2. The second-order valence-corrected chi connectivity index (χ2v) is 5.73. The van der Waals surface area contributed by atoms with Gasteiger partial charge in [-0.2, -0.15) is 5.10 Å². The van der Waals surface area contributed by atoms with Crippen LogP contribution in [0.3, 0.4) is 0 Å². The lowest BCUT2D eigenvalue weighted by Crippen LogP contribution is -2.16. The summed E-state index contributed by atoms with van der Waals surface area (Å²) in [5, 5.41) is 13.1. The highest BCUT2D eigenvalue weighted by Crippen LogP contribution is 2.44. The summed E-state index contributed by atoms with van der Waals surface area (Å²) in [5.74, 6) is 0.312. The highest BCUT2D eigenvalue weighted by molar-refractivity contribution is 9.10. The van der Waals surface area contributed by atoms with Gasteiger partial charge in [0, 0.05) is 12.6 Å². The zero-order valence-corrected chi connectivity index (χ0v) is 13.8. The van der Waals surface area contributed by atoms with E-state index in [-0.39, 0.29) is 5.69 Å². The van der Waals surface area contributed by atoms with Gasteiger partial charge in [0.1, 0.15) is 13.2 Å². The number of ether oxygens (including phenoxy) is 2. The fraction of sp³-hybridized carbons (Fsp3) is 0.333. The van der Waals surface area contributed by atoms with Crippen LogP contribution in [0.15, 0.2) is 16.6 Å². The van der Waals surface area contributed by atoms with Crippen molar-refractivity contribution in [2.75, 3.05) is 13.2 Å². The smallest absolute Gasteiger partial charge is 0.356 e. The van der Waals surface area contributed by atoms with Crippen molar-refractivity contribution in [3.63, 3.8) is 0 Å². The molecular formula is C15H15BrN2O4. The predicted molar refractivity (Wildman–Crippen MR) is 83.7 cm³/mol. The minimum atomic E-state index is -1.04. The largest absolute Gasteiger partial charge is 0.486 e. The molecule has 2 aromatic rings. The molecule has 1 aliphatic rings. The van der Waals surface area contributed by atoms with E-state index in [1.165, 1.54) is 0 Å². The van der Waals surface area contributed by atoms with Crippen LogP contribution < -0.4 is 9.47 Å². The van der Waals surface area contributed by atoms with Gasteiger partial charge in [-0.1, -0.05) is 6.92 Å². The van der Waals surface area contributed by atoms with Crippen LogP contribution in [0, 0.1) is 0 Å². The molecule has 0 saturated heterocycles. The molecule has 116 valence electrons. The molecule has 2 heterocycles. The van der Waals surface area contributed by atoms with E-state index in [0.29, 0.717) is 24.7 Å². The molecule has 0 fully saturated rings. The Kier molecular flexibility index (Phi) is 3.82. The summed E-state index contributed by atoms with van der Waals surface area (Å²) >= 11 is 3.58. The number of carbonyl (C=O) groups is 1. The second-order valence-electron chi connectivity index (χ2n) is 4.94. The Bertz CT molecular complexity index is 754. The summed E-state index contributed by atoms with van der Waals surface area (Å²) in [7, 11) is 1.73. The van der Waals surface area contributed by atoms with Crippen molar-refractivity contribution < 1.29 is 19.4 Å². The lowest BCUT2D eigenvalue weighted by Gasteiger charge is -2.23. The molecule has 0 unspecified atom stereocenters. The number of carboxylic acid groups (broad SMARTS) is 1. The zero-order chi connectivity index (χ0) is 15.9. The Balaban J connectivity index is 2.22. The van der Waals surface area contributed by atoms with Crippen molar-refractivity contribution in [1.29, 1.82) is 0 Å². The van der Waals surface area contributed by atoms with E-state index in [1.807, 2.05) is 13.0 Å². The van der Waals surface area contributed by atoms with Crippen molar-refractivity contribution in [3.8, 4) is 22.8 Å². The molecule has 1 aliphatic heterocycles. The Morgan fingerprint density at radius 1 is 1.41 bits per heavy atom. The van der Waals surface area contributed by atoms with Crippen molar-refractivity contribution in [3.05, 3.63) is 27.9 Å². The normalized spacial score (nSPS) is 13.2. The number of fused-ring (bicyclic) bond motifs is 1. The average molecular weight is 367 g/mol. The van der Waals surface area contributed by atoms with Gasteiger partial charge in [-0.15, -0.1) is 0 Å². The van der Waals surface area contributed by atoms with E-state index >= 15 is 0 Å². The maximum Gasteiger partial charge on any atom is 0.356 e. The van der Waals surface area contributed by atoms with Crippen LogP contribution in [0.2, 0.25) is 0 Å².